The van der Waals surface area contributed by atoms with Crippen molar-refractivity contribution in [2.24, 2.45) is 0 Å². The maximum Gasteiger partial charge on any atom is 0.164 e. The first-order valence-corrected chi connectivity index (χ1v) is 4.84. The molecule has 1 fully saturated rings. The molecule has 3 unspecified atom stereocenters. The molecule has 0 aliphatic carbocycles. The zero-order valence-electron chi connectivity index (χ0n) is 7.84. The molecule has 0 aromatic heterocycles. The van der Waals surface area contributed by atoms with Crippen LogP contribution >= 0.6 is 0 Å². The van der Waals surface area contributed by atoms with Gasteiger partial charge in [0.1, 0.15) is 0 Å². The van der Waals surface area contributed by atoms with E-state index in [1.165, 1.54) is 0 Å². The molecule has 1 heterocycles. The van der Waals surface area contributed by atoms with E-state index in [2.05, 4.69) is 0 Å². The third kappa shape index (κ3) is 1.95. The SMILES string of the molecule is OC1CCC(c2ccccc2)C(O)O1. The second-order valence-electron chi connectivity index (χ2n) is 3.58. The Morgan fingerprint density at radius 3 is 2.43 bits per heavy atom. The number of aliphatic hydroxyl groups is 2. The molecule has 1 aromatic rings. The second kappa shape index (κ2) is 4.09. The second-order valence-corrected chi connectivity index (χ2v) is 3.58. The van der Waals surface area contributed by atoms with Gasteiger partial charge in [-0.25, -0.2) is 0 Å². The molecule has 1 saturated heterocycles. The van der Waals surface area contributed by atoms with Crippen molar-refractivity contribution in [2.45, 2.75) is 31.3 Å². The maximum absolute atomic E-state index is 9.61. The zero-order valence-corrected chi connectivity index (χ0v) is 7.84. The molecule has 0 radical (unpaired) electrons. The lowest BCUT2D eigenvalue weighted by atomic mass is 9.92. The fourth-order valence-electron chi connectivity index (χ4n) is 1.82. The Bertz CT molecular complexity index is 286. The molecule has 0 amide bonds. The van der Waals surface area contributed by atoms with Crippen molar-refractivity contribution < 1.29 is 14.9 Å². The lowest BCUT2D eigenvalue weighted by Crippen LogP contribution is -2.33. The summed E-state index contributed by atoms with van der Waals surface area (Å²) in [5.41, 5.74) is 1.06. The molecule has 3 heteroatoms. The highest BCUT2D eigenvalue weighted by Crippen LogP contribution is 2.31. The van der Waals surface area contributed by atoms with Crippen LogP contribution in [-0.2, 0) is 4.74 Å². The minimum atomic E-state index is -0.888. The van der Waals surface area contributed by atoms with Crippen molar-refractivity contribution in [3.63, 3.8) is 0 Å². The number of hydrogen-bond acceptors (Lipinski definition) is 3. The van der Waals surface area contributed by atoms with E-state index in [9.17, 15) is 5.11 Å². The number of rotatable bonds is 1. The van der Waals surface area contributed by atoms with E-state index in [0.717, 1.165) is 12.0 Å². The molecule has 0 saturated carbocycles. The molecule has 76 valence electrons. The molecular weight excluding hydrogens is 180 g/mol. The van der Waals surface area contributed by atoms with Gasteiger partial charge in [-0.1, -0.05) is 30.3 Å². The molecule has 3 nitrogen and oxygen atoms in total. The summed E-state index contributed by atoms with van der Waals surface area (Å²) < 4.78 is 4.96. The molecule has 0 spiro atoms. The highest BCUT2D eigenvalue weighted by molar-refractivity contribution is 5.20. The summed E-state index contributed by atoms with van der Waals surface area (Å²) in [7, 11) is 0. The number of hydrogen-bond donors (Lipinski definition) is 2. The van der Waals surface area contributed by atoms with E-state index < -0.39 is 12.6 Å². The first-order valence-electron chi connectivity index (χ1n) is 4.84. The zero-order chi connectivity index (χ0) is 9.97. The van der Waals surface area contributed by atoms with E-state index in [4.69, 9.17) is 9.84 Å². The van der Waals surface area contributed by atoms with Crippen LogP contribution in [0, 0.1) is 0 Å². The molecule has 14 heavy (non-hydrogen) atoms. The van der Waals surface area contributed by atoms with Gasteiger partial charge in [0.2, 0.25) is 0 Å². The summed E-state index contributed by atoms with van der Waals surface area (Å²) in [6, 6.07) is 9.75. The average molecular weight is 194 g/mol. The summed E-state index contributed by atoms with van der Waals surface area (Å²) >= 11 is 0. The lowest BCUT2D eigenvalue weighted by Gasteiger charge is -2.31. The Hall–Kier alpha value is -0.900. The summed E-state index contributed by atoms with van der Waals surface area (Å²) in [4.78, 5) is 0. The number of benzene rings is 1. The Balaban J connectivity index is 2.12. The fraction of sp³-hybridized carbons (Fsp3) is 0.455. The molecule has 1 aromatic carbocycles. The third-order valence-electron chi connectivity index (χ3n) is 2.59. The van der Waals surface area contributed by atoms with E-state index in [-0.39, 0.29) is 5.92 Å². The maximum atomic E-state index is 9.61. The van der Waals surface area contributed by atoms with Crippen LogP contribution in [0.1, 0.15) is 24.3 Å². The van der Waals surface area contributed by atoms with Gasteiger partial charge < -0.3 is 14.9 Å². The van der Waals surface area contributed by atoms with Crippen molar-refractivity contribution in [3.8, 4) is 0 Å². The first-order chi connectivity index (χ1) is 6.77. The van der Waals surface area contributed by atoms with Gasteiger partial charge >= 0.3 is 0 Å². The van der Waals surface area contributed by atoms with Crippen LogP contribution in [0.15, 0.2) is 30.3 Å². The lowest BCUT2D eigenvalue weighted by molar-refractivity contribution is -0.240. The van der Waals surface area contributed by atoms with Crippen LogP contribution in [0.4, 0.5) is 0 Å². The van der Waals surface area contributed by atoms with Crippen LogP contribution < -0.4 is 0 Å². The van der Waals surface area contributed by atoms with Gasteiger partial charge in [-0.15, -0.1) is 0 Å². The van der Waals surface area contributed by atoms with Crippen molar-refractivity contribution >= 4 is 0 Å². The Labute approximate surface area is 83.0 Å². The molecule has 1 aliphatic rings. The predicted octanol–water partition coefficient (Wildman–Crippen LogP) is 1.22. The number of ether oxygens (including phenoxy) is 1. The van der Waals surface area contributed by atoms with E-state index in [0.29, 0.717) is 6.42 Å². The van der Waals surface area contributed by atoms with E-state index >= 15 is 0 Å². The van der Waals surface area contributed by atoms with Gasteiger partial charge in [-0.2, -0.15) is 0 Å². The van der Waals surface area contributed by atoms with Crippen LogP contribution in [0.2, 0.25) is 0 Å². The van der Waals surface area contributed by atoms with Crippen molar-refractivity contribution in [1.29, 1.82) is 0 Å². The molecule has 0 bridgehead atoms. The average Bonchev–Trinajstić information content (AvgIpc) is 2.19. The summed E-state index contributed by atoms with van der Waals surface area (Å²) in [6.45, 7) is 0. The highest BCUT2D eigenvalue weighted by Gasteiger charge is 2.29. The van der Waals surface area contributed by atoms with Crippen LogP contribution in [0.25, 0.3) is 0 Å². The Kier molecular flexibility index (Phi) is 2.82. The molecule has 3 atom stereocenters. The topological polar surface area (TPSA) is 49.7 Å². The summed E-state index contributed by atoms with van der Waals surface area (Å²) in [5, 5.41) is 18.8. The molecular formula is C11H14O3. The minimum absolute atomic E-state index is 0.0143. The monoisotopic (exact) mass is 194 g/mol. The first kappa shape index (κ1) is 9.65. The van der Waals surface area contributed by atoms with Gasteiger partial charge in [0.15, 0.2) is 12.6 Å². The highest BCUT2D eigenvalue weighted by atomic mass is 16.7. The molecule has 2 rings (SSSR count). The van der Waals surface area contributed by atoms with Gasteiger partial charge in [-0.3, -0.25) is 0 Å². The Morgan fingerprint density at radius 2 is 1.79 bits per heavy atom. The predicted molar refractivity (Wildman–Crippen MR) is 51.5 cm³/mol. The molecule has 1 aliphatic heterocycles. The van der Waals surface area contributed by atoms with Crippen molar-refractivity contribution in [2.75, 3.05) is 0 Å². The normalized spacial score (nSPS) is 32.9. The van der Waals surface area contributed by atoms with Gasteiger partial charge in [-0.05, 0) is 18.4 Å². The number of aliphatic hydroxyl groups excluding tert-OH is 2. The van der Waals surface area contributed by atoms with Crippen molar-refractivity contribution in [3.05, 3.63) is 35.9 Å². The smallest absolute Gasteiger partial charge is 0.164 e. The van der Waals surface area contributed by atoms with Crippen LogP contribution in [0.5, 0.6) is 0 Å². The standard InChI is InChI=1S/C11H14O3/c12-10-7-6-9(11(13)14-10)8-4-2-1-3-5-8/h1-5,9-13H,6-7H2. The quantitative estimate of drug-likeness (QED) is 0.706. The van der Waals surface area contributed by atoms with E-state index in [1.54, 1.807) is 0 Å². The summed E-state index contributed by atoms with van der Waals surface area (Å²) in [5.74, 6) is -0.0143. The van der Waals surface area contributed by atoms with Crippen LogP contribution in [-0.4, -0.2) is 22.8 Å². The van der Waals surface area contributed by atoms with Gasteiger partial charge in [0, 0.05) is 5.92 Å². The molecule has 2 N–H and O–H groups in total. The van der Waals surface area contributed by atoms with Gasteiger partial charge in [0.05, 0.1) is 0 Å². The van der Waals surface area contributed by atoms with Crippen LogP contribution in [0.3, 0.4) is 0 Å². The minimum Gasteiger partial charge on any atom is -0.368 e. The third-order valence-corrected chi connectivity index (χ3v) is 2.59. The van der Waals surface area contributed by atoms with Crippen molar-refractivity contribution in [1.82, 2.24) is 0 Å². The van der Waals surface area contributed by atoms with E-state index in [1.807, 2.05) is 30.3 Å². The Morgan fingerprint density at radius 1 is 1.07 bits per heavy atom. The summed E-state index contributed by atoms with van der Waals surface area (Å²) in [6.07, 6.45) is -0.366. The fourth-order valence-corrected chi connectivity index (χ4v) is 1.82. The van der Waals surface area contributed by atoms with Gasteiger partial charge in [0.25, 0.3) is 0 Å². The largest absolute Gasteiger partial charge is 0.368 e.